The first-order valence-corrected chi connectivity index (χ1v) is 8.02. The summed E-state index contributed by atoms with van der Waals surface area (Å²) in [7, 11) is 0. The van der Waals surface area contributed by atoms with Crippen molar-refractivity contribution >= 4 is 0 Å². The van der Waals surface area contributed by atoms with Gasteiger partial charge < -0.3 is 14.4 Å². The third kappa shape index (κ3) is 2.66. The van der Waals surface area contributed by atoms with Gasteiger partial charge in [0.2, 0.25) is 0 Å². The highest BCUT2D eigenvalue weighted by atomic mass is 19.1. The van der Waals surface area contributed by atoms with E-state index in [1.165, 1.54) is 18.2 Å². The molecular formula is C18H16FN3O3. The fourth-order valence-corrected chi connectivity index (χ4v) is 3.18. The van der Waals surface area contributed by atoms with Crippen LogP contribution in [0.5, 0.6) is 5.75 Å². The van der Waals surface area contributed by atoms with Crippen LogP contribution < -0.4 is 0 Å². The van der Waals surface area contributed by atoms with Crippen molar-refractivity contribution in [3.63, 3.8) is 0 Å². The predicted octanol–water partition coefficient (Wildman–Crippen LogP) is 3.07. The Labute approximate surface area is 143 Å². The average Bonchev–Trinajstić information content (AvgIpc) is 3.16. The number of phenolic OH excluding ortho intramolecular Hbond substituents is 1. The molecule has 0 spiro atoms. The SMILES string of the molecule is Oc1c(F)cccc1-c1nc(C2(c3ccccn3)CCOCC2)no1. The first-order valence-electron chi connectivity index (χ1n) is 8.02. The van der Waals surface area contributed by atoms with Crippen LogP contribution in [0.2, 0.25) is 0 Å². The number of pyridine rings is 1. The van der Waals surface area contributed by atoms with Crippen LogP contribution in [0.4, 0.5) is 4.39 Å². The first-order chi connectivity index (χ1) is 12.2. The van der Waals surface area contributed by atoms with E-state index >= 15 is 0 Å². The van der Waals surface area contributed by atoms with E-state index in [1.54, 1.807) is 6.20 Å². The van der Waals surface area contributed by atoms with Gasteiger partial charge in [-0.25, -0.2) is 4.39 Å². The molecule has 128 valence electrons. The number of hydrogen-bond donors (Lipinski definition) is 1. The standard InChI is InChI=1S/C18H16FN3O3/c19-13-5-3-4-12(15(13)23)16-21-17(22-25-16)18(7-10-24-11-8-18)14-6-1-2-9-20-14/h1-6,9,23H,7-8,10-11H2. The minimum absolute atomic E-state index is 0.0776. The monoisotopic (exact) mass is 341 g/mol. The molecule has 6 nitrogen and oxygen atoms in total. The molecule has 0 bridgehead atoms. The summed E-state index contributed by atoms with van der Waals surface area (Å²) in [5, 5.41) is 14.0. The zero-order chi connectivity index (χ0) is 17.3. The van der Waals surface area contributed by atoms with Crippen LogP contribution in [0, 0.1) is 5.82 Å². The summed E-state index contributed by atoms with van der Waals surface area (Å²) in [6, 6.07) is 9.89. The van der Waals surface area contributed by atoms with Crippen LogP contribution in [0.15, 0.2) is 47.1 Å². The van der Waals surface area contributed by atoms with Crippen LogP contribution in [-0.2, 0) is 10.2 Å². The molecule has 0 radical (unpaired) electrons. The predicted molar refractivity (Wildman–Crippen MR) is 86.4 cm³/mol. The Balaban J connectivity index is 1.80. The van der Waals surface area contributed by atoms with Crippen molar-refractivity contribution in [2.24, 2.45) is 0 Å². The highest BCUT2D eigenvalue weighted by Crippen LogP contribution is 2.40. The number of benzene rings is 1. The molecule has 1 saturated heterocycles. The summed E-state index contributed by atoms with van der Waals surface area (Å²) < 4.78 is 24.4. The zero-order valence-corrected chi connectivity index (χ0v) is 13.4. The summed E-state index contributed by atoms with van der Waals surface area (Å²) in [5.74, 6) is -0.693. The summed E-state index contributed by atoms with van der Waals surface area (Å²) >= 11 is 0. The van der Waals surface area contributed by atoms with Gasteiger partial charge in [0.05, 0.1) is 16.7 Å². The molecule has 0 aliphatic carbocycles. The Morgan fingerprint density at radius 1 is 1.08 bits per heavy atom. The minimum Gasteiger partial charge on any atom is -0.504 e. The lowest BCUT2D eigenvalue weighted by Crippen LogP contribution is -2.36. The second kappa shape index (κ2) is 6.25. The second-order valence-electron chi connectivity index (χ2n) is 5.97. The van der Waals surface area contributed by atoms with Gasteiger partial charge >= 0.3 is 0 Å². The van der Waals surface area contributed by atoms with Crippen LogP contribution in [0.25, 0.3) is 11.5 Å². The molecule has 1 fully saturated rings. The zero-order valence-electron chi connectivity index (χ0n) is 13.4. The smallest absolute Gasteiger partial charge is 0.261 e. The van der Waals surface area contributed by atoms with Gasteiger partial charge in [0, 0.05) is 19.4 Å². The number of phenols is 1. The first kappa shape index (κ1) is 15.7. The highest BCUT2D eigenvalue weighted by molar-refractivity contribution is 5.62. The van der Waals surface area contributed by atoms with Crippen LogP contribution in [0.1, 0.15) is 24.4 Å². The van der Waals surface area contributed by atoms with E-state index in [4.69, 9.17) is 9.26 Å². The van der Waals surface area contributed by atoms with Crippen molar-refractivity contribution in [3.8, 4) is 17.2 Å². The maximum absolute atomic E-state index is 13.6. The van der Waals surface area contributed by atoms with Gasteiger partial charge in [-0.15, -0.1) is 0 Å². The molecule has 0 saturated carbocycles. The van der Waals surface area contributed by atoms with Gasteiger partial charge in [-0.3, -0.25) is 4.98 Å². The molecule has 2 aromatic heterocycles. The van der Waals surface area contributed by atoms with E-state index in [2.05, 4.69) is 15.1 Å². The number of aromatic nitrogens is 3. The van der Waals surface area contributed by atoms with Crippen LogP contribution in [0.3, 0.4) is 0 Å². The number of ether oxygens (including phenoxy) is 1. The Morgan fingerprint density at radius 2 is 1.92 bits per heavy atom. The third-order valence-corrected chi connectivity index (χ3v) is 4.57. The number of hydrogen-bond acceptors (Lipinski definition) is 6. The largest absolute Gasteiger partial charge is 0.504 e. The topological polar surface area (TPSA) is 81.3 Å². The quantitative estimate of drug-likeness (QED) is 0.788. The number of halogens is 1. The molecule has 0 unspecified atom stereocenters. The molecule has 1 aromatic carbocycles. The summed E-state index contributed by atoms with van der Waals surface area (Å²) in [5.41, 5.74) is 0.487. The van der Waals surface area contributed by atoms with E-state index in [1.807, 2.05) is 18.2 Å². The summed E-state index contributed by atoms with van der Waals surface area (Å²) in [6.07, 6.45) is 3.06. The normalized spacial score (nSPS) is 16.7. The molecular weight excluding hydrogens is 325 g/mol. The Hall–Kier alpha value is -2.80. The third-order valence-electron chi connectivity index (χ3n) is 4.57. The number of nitrogens with zero attached hydrogens (tertiary/aromatic N) is 3. The molecule has 4 rings (SSSR count). The van der Waals surface area contributed by atoms with Crippen molar-refractivity contribution in [2.45, 2.75) is 18.3 Å². The van der Waals surface area contributed by atoms with Crippen LogP contribution >= 0.6 is 0 Å². The van der Waals surface area contributed by atoms with Crippen molar-refractivity contribution in [1.82, 2.24) is 15.1 Å². The second-order valence-corrected chi connectivity index (χ2v) is 5.97. The average molecular weight is 341 g/mol. The van der Waals surface area contributed by atoms with Gasteiger partial charge in [-0.2, -0.15) is 4.98 Å². The molecule has 1 aliphatic rings. The van der Waals surface area contributed by atoms with E-state index < -0.39 is 17.0 Å². The molecule has 3 aromatic rings. The van der Waals surface area contributed by atoms with Crippen LogP contribution in [-0.4, -0.2) is 33.4 Å². The highest BCUT2D eigenvalue weighted by Gasteiger charge is 2.42. The van der Waals surface area contributed by atoms with Gasteiger partial charge in [0.25, 0.3) is 5.89 Å². The van der Waals surface area contributed by atoms with Crippen molar-refractivity contribution in [1.29, 1.82) is 0 Å². The maximum atomic E-state index is 13.6. The van der Waals surface area contributed by atoms with Gasteiger partial charge in [-0.05, 0) is 37.1 Å². The minimum atomic E-state index is -0.734. The number of para-hydroxylation sites is 1. The van der Waals surface area contributed by atoms with Crippen molar-refractivity contribution in [2.75, 3.05) is 13.2 Å². The molecule has 1 aliphatic heterocycles. The fraction of sp³-hybridized carbons (Fsp3) is 0.278. The molecule has 0 atom stereocenters. The number of aromatic hydroxyl groups is 1. The van der Waals surface area contributed by atoms with E-state index in [9.17, 15) is 9.50 Å². The van der Waals surface area contributed by atoms with Crippen molar-refractivity contribution in [3.05, 3.63) is 59.9 Å². The number of rotatable bonds is 3. The molecule has 7 heteroatoms. The Morgan fingerprint density at radius 3 is 2.68 bits per heavy atom. The van der Waals surface area contributed by atoms with E-state index in [0.29, 0.717) is 31.9 Å². The lowest BCUT2D eigenvalue weighted by molar-refractivity contribution is 0.0584. The molecule has 25 heavy (non-hydrogen) atoms. The van der Waals surface area contributed by atoms with Gasteiger partial charge in [0.15, 0.2) is 17.4 Å². The van der Waals surface area contributed by atoms with Gasteiger partial charge in [0.1, 0.15) is 0 Å². The molecule has 1 N–H and O–H groups in total. The van der Waals surface area contributed by atoms with Crippen molar-refractivity contribution < 1.29 is 18.8 Å². The molecule has 3 heterocycles. The van der Waals surface area contributed by atoms with Gasteiger partial charge in [-0.1, -0.05) is 17.3 Å². The summed E-state index contributed by atoms with van der Waals surface area (Å²) in [6.45, 7) is 1.12. The Bertz CT molecular complexity index is 876. The van der Waals surface area contributed by atoms with E-state index in [-0.39, 0.29) is 11.5 Å². The Kier molecular flexibility index (Phi) is 3.93. The lowest BCUT2D eigenvalue weighted by Gasteiger charge is -2.33. The lowest BCUT2D eigenvalue weighted by atomic mass is 9.76. The molecule has 0 amide bonds. The van der Waals surface area contributed by atoms with E-state index in [0.717, 1.165) is 5.69 Å². The summed E-state index contributed by atoms with van der Waals surface area (Å²) in [4.78, 5) is 8.93. The fourth-order valence-electron chi connectivity index (χ4n) is 3.18. The maximum Gasteiger partial charge on any atom is 0.261 e.